The lowest BCUT2D eigenvalue weighted by atomic mass is 10.1. The molecule has 0 atom stereocenters. The molecule has 4 aromatic rings. The molecule has 40 heavy (non-hydrogen) atoms. The van der Waals surface area contributed by atoms with E-state index in [2.05, 4.69) is 0 Å². The third-order valence-corrected chi connectivity index (χ3v) is 7.31. The summed E-state index contributed by atoms with van der Waals surface area (Å²) < 4.78 is 36.4. The number of benzene rings is 4. The first-order valence-electron chi connectivity index (χ1n) is 11.3. The molecule has 0 aromatic heterocycles. The number of hydrogen-bond donors (Lipinski definition) is 3. The predicted octanol–water partition coefficient (Wildman–Crippen LogP) is 4.06. The molecule has 4 aromatic carbocycles. The fourth-order valence-electron chi connectivity index (χ4n) is 3.57. The molecule has 0 saturated carbocycles. The highest BCUT2D eigenvalue weighted by atomic mass is 32.2. The summed E-state index contributed by atoms with van der Waals surface area (Å²) in [4.78, 5) is 47.3. The number of ether oxygens (including phenoxy) is 2. The number of hydrogen-bond acceptors (Lipinski definition) is 9. The van der Waals surface area contributed by atoms with Gasteiger partial charge in [-0.1, -0.05) is 12.1 Å². The third kappa shape index (κ3) is 5.81. The molecule has 3 N–H and O–H groups in total. The van der Waals surface area contributed by atoms with Crippen molar-refractivity contribution >= 4 is 33.7 Å². The van der Waals surface area contributed by atoms with E-state index in [1.165, 1.54) is 72.8 Å². The Bertz CT molecular complexity index is 1740. The van der Waals surface area contributed by atoms with Crippen LogP contribution < -0.4 is 9.47 Å². The first-order chi connectivity index (χ1) is 19.0. The Labute approximate surface area is 226 Å². The van der Waals surface area contributed by atoms with Crippen molar-refractivity contribution in [2.45, 2.75) is 9.79 Å². The average Bonchev–Trinajstić information content (AvgIpc) is 2.93. The van der Waals surface area contributed by atoms with Crippen molar-refractivity contribution in [1.82, 2.24) is 0 Å². The number of rotatable bonds is 8. The van der Waals surface area contributed by atoms with Gasteiger partial charge in [0, 0.05) is 0 Å². The van der Waals surface area contributed by atoms with E-state index in [0.717, 1.165) is 18.2 Å². The standard InChI is InChI=1S/C28H18O11S/c29-16-5-14-22(26(32)33)24(15-16)28(35)39-18-8-12-20(13-9-18)40(36,37)19-10-6-17(7-11-19)38-27(34)23-4-2-1-3-21(23)25(30)31/h1-15,29H,(H,30,31)(H,32,33). The number of sulfone groups is 1. The highest BCUT2D eigenvalue weighted by Gasteiger charge is 2.22. The van der Waals surface area contributed by atoms with Crippen LogP contribution in [0.1, 0.15) is 41.4 Å². The Hall–Kier alpha value is -5.49. The number of esters is 2. The van der Waals surface area contributed by atoms with Crippen molar-refractivity contribution in [3.05, 3.63) is 113 Å². The van der Waals surface area contributed by atoms with E-state index < -0.39 is 39.3 Å². The van der Waals surface area contributed by atoms with Gasteiger partial charge in [0.2, 0.25) is 9.84 Å². The van der Waals surface area contributed by atoms with Crippen LogP contribution in [0.2, 0.25) is 0 Å². The van der Waals surface area contributed by atoms with Crippen LogP contribution in [0.4, 0.5) is 0 Å². The van der Waals surface area contributed by atoms with Crippen molar-refractivity contribution < 1.29 is 52.4 Å². The van der Waals surface area contributed by atoms with Gasteiger partial charge in [0.1, 0.15) is 17.2 Å². The zero-order valence-corrected chi connectivity index (χ0v) is 21.0. The molecule has 0 spiro atoms. The molecule has 0 amide bonds. The molecule has 0 unspecified atom stereocenters. The number of aromatic carboxylic acids is 2. The van der Waals surface area contributed by atoms with Gasteiger partial charge in [0.25, 0.3) is 0 Å². The Morgan fingerprint density at radius 3 is 1.45 bits per heavy atom. The van der Waals surface area contributed by atoms with Crippen LogP contribution in [0.5, 0.6) is 17.2 Å². The second-order valence-corrected chi connectivity index (χ2v) is 10.1. The van der Waals surface area contributed by atoms with Gasteiger partial charge in [-0.2, -0.15) is 0 Å². The number of carboxylic acids is 2. The first kappa shape index (κ1) is 27.5. The van der Waals surface area contributed by atoms with Crippen LogP contribution in [0.3, 0.4) is 0 Å². The van der Waals surface area contributed by atoms with Crippen molar-refractivity contribution in [3.63, 3.8) is 0 Å². The minimum atomic E-state index is -4.04. The minimum Gasteiger partial charge on any atom is -0.508 e. The molecule has 12 heteroatoms. The molecule has 0 aliphatic heterocycles. The number of carboxylic acid groups (broad SMARTS) is 2. The summed E-state index contributed by atoms with van der Waals surface area (Å²) >= 11 is 0. The summed E-state index contributed by atoms with van der Waals surface area (Å²) in [5, 5.41) is 28.1. The zero-order valence-electron chi connectivity index (χ0n) is 20.2. The van der Waals surface area contributed by atoms with Gasteiger partial charge in [0.15, 0.2) is 0 Å². The van der Waals surface area contributed by atoms with Crippen molar-refractivity contribution in [2.24, 2.45) is 0 Å². The van der Waals surface area contributed by atoms with Gasteiger partial charge in [-0.25, -0.2) is 27.6 Å². The van der Waals surface area contributed by atoms with Crippen LogP contribution in [0.25, 0.3) is 0 Å². The summed E-state index contributed by atoms with van der Waals surface area (Å²) in [5.74, 6) is -5.14. The van der Waals surface area contributed by atoms with Gasteiger partial charge >= 0.3 is 23.9 Å². The fraction of sp³-hybridized carbons (Fsp3) is 0. The van der Waals surface area contributed by atoms with Crippen molar-refractivity contribution in [2.75, 3.05) is 0 Å². The molecule has 0 radical (unpaired) electrons. The van der Waals surface area contributed by atoms with E-state index in [4.69, 9.17) is 9.47 Å². The SMILES string of the molecule is O=C(O)c1ccccc1C(=O)Oc1ccc(S(=O)(=O)c2ccc(OC(=O)c3cc(O)ccc3C(=O)O)cc2)cc1. The monoisotopic (exact) mass is 562 g/mol. The molecule has 4 rings (SSSR count). The van der Waals surface area contributed by atoms with Gasteiger partial charge in [0.05, 0.1) is 32.0 Å². The molecule has 202 valence electrons. The fourth-order valence-corrected chi connectivity index (χ4v) is 4.83. The number of carbonyl (C=O) groups is 4. The lowest BCUT2D eigenvalue weighted by Crippen LogP contribution is -2.14. The Morgan fingerprint density at radius 2 is 0.975 bits per heavy atom. The number of phenolic OH excluding ortho intramolecular Hbond substituents is 1. The second-order valence-electron chi connectivity index (χ2n) is 8.11. The Kier molecular flexibility index (Phi) is 7.64. The second kappa shape index (κ2) is 11.1. The normalized spacial score (nSPS) is 10.9. The maximum absolute atomic E-state index is 13.0. The molecule has 0 fully saturated rings. The van der Waals surface area contributed by atoms with Crippen molar-refractivity contribution in [1.29, 1.82) is 0 Å². The first-order valence-corrected chi connectivity index (χ1v) is 12.7. The van der Waals surface area contributed by atoms with Gasteiger partial charge in [-0.3, -0.25) is 0 Å². The number of phenols is 1. The van der Waals surface area contributed by atoms with Crippen molar-refractivity contribution in [3.8, 4) is 17.2 Å². The maximum atomic E-state index is 13.0. The van der Waals surface area contributed by atoms with E-state index in [-0.39, 0.29) is 43.7 Å². The topological polar surface area (TPSA) is 182 Å². The van der Waals surface area contributed by atoms with Gasteiger partial charge in [-0.15, -0.1) is 0 Å². The number of carbonyl (C=O) groups excluding carboxylic acids is 2. The summed E-state index contributed by atoms with van der Waals surface area (Å²) in [6.45, 7) is 0. The van der Waals surface area contributed by atoms with Gasteiger partial charge in [-0.05, 0) is 78.9 Å². The predicted molar refractivity (Wildman–Crippen MR) is 137 cm³/mol. The Morgan fingerprint density at radius 1 is 0.550 bits per heavy atom. The van der Waals surface area contributed by atoms with Crippen LogP contribution in [0.15, 0.2) is 101 Å². The molecule has 11 nitrogen and oxygen atoms in total. The highest BCUT2D eigenvalue weighted by Crippen LogP contribution is 2.26. The summed E-state index contributed by atoms with van der Waals surface area (Å²) in [6, 6.07) is 18.2. The Balaban J connectivity index is 1.48. The number of aromatic hydroxyl groups is 1. The lowest BCUT2D eigenvalue weighted by molar-refractivity contribution is 0.0666. The van der Waals surface area contributed by atoms with E-state index >= 15 is 0 Å². The van der Waals surface area contributed by atoms with Gasteiger partial charge < -0.3 is 24.8 Å². The summed E-state index contributed by atoms with van der Waals surface area (Å²) in [5.41, 5.74) is -1.19. The van der Waals surface area contributed by atoms with E-state index in [0.29, 0.717) is 0 Å². The summed E-state index contributed by atoms with van der Waals surface area (Å²) in [6.07, 6.45) is 0. The zero-order chi connectivity index (χ0) is 29.0. The molecule has 0 heterocycles. The molecule has 0 bridgehead atoms. The maximum Gasteiger partial charge on any atom is 0.344 e. The smallest absolute Gasteiger partial charge is 0.344 e. The van der Waals surface area contributed by atoms with E-state index in [9.17, 15) is 42.9 Å². The van der Waals surface area contributed by atoms with Crippen LogP contribution in [-0.4, -0.2) is 47.6 Å². The highest BCUT2D eigenvalue weighted by molar-refractivity contribution is 7.91. The van der Waals surface area contributed by atoms with E-state index in [1.54, 1.807) is 0 Å². The molecule has 0 aliphatic rings. The molecular formula is C28H18O11S. The molecular weight excluding hydrogens is 544 g/mol. The van der Waals surface area contributed by atoms with Crippen LogP contribution in [0, 0.1) is 0 Å². The minimum absolute atomic E-state index is 0.0147. The quantitative estimate of drug-likeness (QED) is 0.208. The van der Waals surface area contributed by atoms with Crippen LogP contribution in [-0.2, 0) is 9.84 Å². The lowest BCUT2D eigenvalue weighted by Gasteiger charge is -2.10. The molecule has 0 saturated heterocycles. The largest absolute Gasteiger partial charge is 0.508 e. The average molecular weight is 563 g/mol. The molecule has 0 aliphatic carbocycles. The third-order valence-electron chi connectivity index (χ3n) is 5.52. The van der Waals surface area contributed by atoms with E-state index in [1.807, 2.05) is 0 Å². The summed E-state index contributed by atoms with van der Waals surface area (Å²) in [7, 11) is -4.04. The van der Waals surface area contributed by atoms with Crippen LogP contribution >= 0.6 is 0 Å².